The molecule has 0 aliphatic heterocycles. The molecule has 0 bridgehead atoms. The van der Waals surface area contributed by atoms with Gasteiger partial charge in [0.05, 0.1) is 13.2 Å². The van der Waals surface area contributed by atoms with Crippen molar-refractivity contribution in [3.05, 3.63) is 0 Å². The summed E-state index contributed by atoms with van der Waals surface area (Å²) in [5, 5.41) is 10.7. The van der Waals surface area contributed by atoms with Crippen molar-refractivity contribution in [1.29, 1.82) is 0 Å². The Bertz CT molecular complexity index is 672. The lowest BCUT2D eigenvalue weighted by Crippen LogP contribution is -2.61. The van der Waals surface area contributed by atoms with Gasteiger partial charge in [-0.25, -0.2) is 0 Å². The monoisotopic (exact) mass is 418 g/mol. The maximum Gasteiger partial charge on any atom is 0.305 e. The molecule has 0 aromatic heterocycles. The van der Waals surface area contributed by atoms with E-state index in [2.05, 4.69) is 13.8 Å². The van der Waals surface area contributed by atoms with Crippen LogP contribution in [0.5, 0.6) is 0 Å². The van der Waals surface area contributed by atoms with Crippen LogP contribution in [0, 0.1) is 46.3 Å². The molecule has 0 spiro atoms. The number of ketones is 1. The van der Waals surface area contributed by atoms with Crippen LogP contribution in [0.25, 0.3) is 0 Å². The Kier molecular flexibility index (Phi) is 6.11. The Labute approximate surface area is 182 Å². The first-order valence-electron chi connectivity index (χ1n) is 12.5. The molecule has 30 heavy (non-hydrogen) atoms. The summed E-state index contributed by atoms with van der Waals surface area (Å²) in [6.45, 7) is 6.75. The third-order valence-electron chi connectivity index (χ3n) is 10.4. The first kappa shape index (κ1) is 22.3. The highest BCUT2D eigenvalue weighted by Crippen LogP contribution is 2.68. The minimum atomic E-state index is -0.536. The fraction of sp³-hybridized carbons (Fsp3) is 0.923. The van der Waals surface area contributed by atoms with E-state index in [4.69, 9.17) is 4.74 Å². The van der Waals surface area contributed by atoms with Gasteiger partial charge in [0, 0.05) is 18.3 Å². The lowest BCUT2D eigenvalue weighted by atomic mass is 9.42. The Balaban J connectivity index is 1.58. The molecule has 0 aromatic rings. The summed E-state index contributed by atoms with van der Waals surface area (Å²) in [7, 11) is 1.46. The number of esters is 1. The van der Waals surface area contributed by atoms with Gasteiger partial charge in [0.1, 0.15) is 5.78 Å². The van der Waals surface area contributed by atoms with Crippen molar-refractivity contribution in [1.82, 2.24) is 0 Å². The summed E-state index contributed by atoms with van der Waals surface area (Å²) in [4.78, 5) is 25.5. The lowest BCUT2D eigenvalue weighted by Gasteiger charge is -2.62. The maximum atomic E-state index is 13.9. The first-order chi connectivity index (χ1) is 14.2. The number of fused-ring (bicyclic) bond motifs is 5. The van der Waals surface area contributed by atoms with Gasteiger partial charge in [0.25, 0.3) is 0 Å². The molecule has 0 aromatic carbocycles. The van der Waals surface area contributed by atoms with E-state index in [1.165, 1.54) is 39.2 Å². The minimum absolute atomic E-state index is 0.114. The van der Waals surface area contributed by atoms with Crippen molar-refractivity contribution in [2.75, 3.05) is 7.11 Å². The van der Waals surface area contributed by atoms with Crippen molar-refractivity contribution in [2.45, 2.75) is 97.5 Å². The summed E-state index contributed by atoms with van der Waals surface area (Å²) >= 11 is 0. The van der Waals surface area contributed by atoms with E-state index in [0.29, 0.717) is 35.9 Å². The van der Waals surface area contributed by atoms with Gasteiger partial charge in [0.15, 0.2) is 0 Å². The number of hydrogen-bond acceptors (Lipinski definition) is 4. The van der Waals surface area contributed by atoms with Crippen LogP contribution in [0.1, 0.15) is 91.4 Å². The van der Waals surface area contributed by atoms with Gasteiger partial charge in [-0.15, -0.1) is 0 Å². The summed E-state index contributed by atoms with van der Waals surface area (Å²) in [6.07, 6.45) is 11.4. The predicted molar refractivity (Wildman–Crippen MR) is 117 cm³/mol. The van der Waals surface area contributed by atoms with Gasteiger partial charge in [-0.2, -0.15) is 0 Å². The van der Waals surface area contributed by atoms with Crippen LogP contribution in [0.4, 0.5) is 0 Å². The van der Waals surface area contributed by atoms with Crippen molar-refractivity contribution in [3.63, 3.8) is 0 Å². The van der Waals surface area contributed by atoms with Crippen molar-refractivity contribution >= 4 is 11.8 Å². The standard InChI is InChI=1S/C26H42O4/c1-16(27)22-18-9-5-6-14-26(18,3)20-13-15-25(2)17(8-7-10-21(28)30-4)11-12-19(25)23(20)24(22)29/h16-20,22-23,27H,5-15H2,1-4H3/t16?,17-,18?,19?,20?,22?,23?,25?,26?/m0/s1. The zero-order valence-electron chi connectivity index (χ0n) is 19.5. The van der Waals surface area contributed by atoms with Crippen LogP contribution >= 0.6 is 0 Å². The van der Waals surface area contributed by atoms with Crippen LogP contribution in [-0.4, -0.2) is 30.1 Å². The van der Waals surface area contributed by atoms with E-state index in [9.17, 15) is 14.7 Å². The number of ether oxygens (including phenoxy) is 1. The molecule has 4 nitrogen and oxygen atoms in total. The van der Waals surface area contributed by atoms with E-state index in [1.54, 1.807) is 0 Å². The van der Waals surface area contributed by atoms with Crippen LogP contribution in [0.15, 0.2) is 0 Å². The molecule has 170 valence electrons. The van der Waals surface area contributed by atoms with Gasteiger partial charge in [-0.05, 0) is 92.8 Å². The Morgan fingerprint density at radius 2 is 1.80 bits per heavy atom. The van der Waals surface area contributed by atoms with E-state index in [-0.39, 0.29) is 28.6 Å². The number of aliphatic hydroxyl groups is 1. The van der Waals surface area contributed by atoms with Gasteiger partial charge in [-0.1, -0.05) is 26.7 Å². The molecule has 8 unspecified atom stereocenters. The van der Waals surface area contributed by atoms with E-state index >= 15 is 0 Å². The molecular formula is C26H42O4. The highest BCUT2D eigenvalue weighted by Gasteiger charge is 2.64. The normalized spacial score (nSPS) is 46.5. The number of carbonyl (C=O) groups is 2. The smallest absolute Gasteiger partial charge is 0.305 e. The molecule has 1 N–H and O–H groups in total. The molecule has 0 amide bonds. The molecule has 4 aliphatic carbocycles. The van der Waals surface area contributed by atoms with Crippen LogP contribution in [0.2, 0.25) is 0 Å². The fourth-order valence-electron chi connectivity index (χ4n) is 8.88. The fourth-order valence-corrected chi connectivity index (χ4v) is 8.88. The van der Waals surface area contributed by atoms with Gasteiger partial charge in [-0.3, -0.25) is 9.59 Å². The van der Waals surface area contributed by atoms with Crippen LogP contribution in [0.3, 0.4) is 0 Å². The second kappa shape index (κ2) is 8.22. The summed E-state index contributed by atoms with van der Waals surface area (Å²) in [6, 6.07) is 0. The average molecular weight is 419 g/mol. The quantitative estimate of drug-likeness (QED) is 0.626. The van der Waals surface area contributed by atoms with E-state index in [1.807, 2.05) is 6.92 Å². The Morgan fingerprint density at radius 1 is 1.07 bits per heavy atom. The second-order valence-electron chi connectivity index (χ2n) is 11.6. The molecule has 4 fully saturated rings. The number of aliphatic hydroxyl groups excluding tert-OH is 1. The van der Waals surface area contributed by atoms with Gasteiger partial charge in [0.2, 0.25) is 0 Å². The lowest BCUT2D eigenvalue weighted by molar-refractivity contribution is -0.175. The molecule has 0 heterocycles. The third-order valence-corrected chi connectivity index (χ3v) is 10.4. The number of Topliss-reactive ketones (excluding diaryl/α,β-unsaturated/α-hetero) is 1. The van der Waals surface area contributed by atoms with Crippen LogP contribution < -0.4 is 0 Å². The largest absolute Gasteiger partial charge is 0.469 e. The Hall–Kier alpha value is -0.900. The number of rotatable bonds is 5. The third kappa shape index (κ3) is 3.36. The molecule has 4 saturated carbocycles. The van der Waals surface area contributed by atoms with Gasteiger partial charge >= 0.3 is 5.97 Å². The maximum absolute atomic E-state index is 13.9. The van der Waals surface area contributed by atoms with E-state index in [0.717, 1.165) is 32.1 Å². The molecule has 0 saturated heterocycles. The highest BCUT2D eigenvalue weighted by molar-refractivity contribution is 5.86. The molecule has 0 radical (unpaired) electrons. The highest BCUT2D eigenvalue weighted by atomic mass is 16.5. The Morgan fingerprint density at radius 3 is 2.50 bits per heavy atom. The topological polar surface area (TPSA) is 63.6 Å². The minimum Gasteiger partial charge on any atom is -0.469 e. The molecule has 9 atom stereocenters. The number of carbonyl (C=O) groups excluding carboxylic acids is 2. The molecule has 4 heteroatoms. The first-order valence-corrected chi connectivity index (χ1v) is 12.5. The van der Waals surface area contributed by atoms with Crippen molar-refractivity contribution in [2.24, 2.45) is 46.3 Å². The second-order valence-corrected chi connectivity index (χ2v) is 11.6. The summed E-state index contributed by atoms with van der Waals surface area (Å²) in [5.41, 5.74) is 0.414. The molecular weight excluding hydrogens is 376 g/mol. The van der Waals surface area contributed by atoms with Gasteiger partial charge < -0.3 is 9.84 Å². The average Bonchev–Trinajstić information content (AvgIpc) is 3.04. The van der Waals surface area contributed by atoms with Crippen LogP contribution in [-0.2, 0) is 14.3 Å². The summed E-state index contributed by atoms with van der Waals surface area (Å²) in [5.74, 6) is 2.16. The predicted octanol–water partition coefficient (Wildman–Crippen LogP) is 5.16. The molecule has 4 aliphatic rings. The zero-order chi connectivity index (χ0) is 21.7. The number of hydrogen-bond donors (Lipinski definition) is 1. The van der Waals surface area contributed by atoms with E-state index < -0.39 is 6.10 Å². The van der Waals surface area contributed by atoms with Crippen molar-refractivity contribution < 1.29 is 19.4 Å². The zero-order valence-corrected chi connectivity index (χ0v) is 19.5. The SMILES string of the molecule is COC(=O)CCC[C@H]1CCC2C3C(=O)C(C(C)O)C4CCCCC4(C)C3CCC21C. The molecule has 4 rings (SSSR count). The number of methoxy groups -OCH3 is 1. The van der Waals surface area contributed by atoms with Crippen molar-refractivity contribution in [3.8, 4) is 0 Å². The summed E-state index contributed by atoms with van der Waals surface area (Å²) < 4.78 is 4.82.